The molecule has 0 aliphatic rings. The van der Waals surface area contributed by atoms with Gasteiger partial charge in [-0.1, -0.05) is 17.3 Å². The van der Waals surface area contributed by atoms with Crippen molar-refractivity contribution in [3.05, 3.63) is 54.5 Å². The van der Waals surface area contributed by atoms with Crippen LogP contribution in [0, 0.1) is 6.92 Å². The number of methoxy groups -OCH3 is 1. The van der Waals surface area contributed by atoms with Crippen molar-refractivity contribution in [3.8, 4) is 22.7 Å². The fourth-order valence-electron chi connectivity index (χ4n) is 1.97. The summed E-state index contributed by atoms with van der Waals surface area (Å²) >= 11 is 0. The van der Waals surface area contributed by atoms with Crippen LogP contribution in [0.25, 0.3) is 16.9 Å². The van der Waals surface area contributed by atoms with Crippen LogP contribution in [0.15, 0.2) is 48.8 Å². The smallest absolute Gasteiger partial charge is 0.128 e. The van der Waals surface area contributed by atoms with Crippen molar-refractivity contribution in [2.45, 2.75) is 6.92 Å². The minimum Gasteiger partial charge on any atom is -0.496 e. The normalized spacial score (nSPS) is 10.5. The van der Waals surface area contributed by atoms with Gasteiger partial charge in [0.05, 0.1) is 25.2 Å². The molecular weight excluding hydrogens is 252 g/mol. The Morgan fingerprint density at radius 2 is 1.95 bits per heavy atom. The molecule has 0 aliphatic carbocycles. The van der Waals surface area contributed by atoms with Crippen molar-refractivity contribution in [1.82, 2.24) is 20.0 Å². The van der Waals surface area contributed by atoms with E-state index in [4.69, 9.17) is 4.74 Å². The van der Waals surface area contributed by atoms with Crippen molar-refractivity contribution in [2.75, 3.05) is 7.11 Å². The molecule has 0 amide bonds. The molecule has 3 rings (SSSR count). The van der Waals surface area contributed by atoms with Gasteiger partial charge in [0.1, 0.15) is 11.4 Å². The summed E-state index contributed by atoms with van der Waals surface area (Å²) in [4.78, 5) is 4.26. The van der Waals surface area contributed by atoms with Crippen molar-refractivity contribution in [1.29, 1.82) is 0 Å². The summed E-state index contributed by atoms with van der Waals surface area (Å²) in [5.74, 6) is 0.779. The van der Waals surface area contributed by atoms with E-state index in [1.165, 1.54) is 0 Å². The molecule has 0 N–H and O–H groups in total. The van der Waals surface area contributed by atoms with Crippen LogP contribution in [0.3, 0.4) is 0 Å². The van der Waals surface area contributed by atoms with Crippen molar-refractivity contribution in [2.24, 2.45) is 0 Å². The van der Waals surface area contributed by atoms with E-state index in [1.807, 2.05) is 49.5 Å². The largest absolute Gasteiger partial charge is 0.496 e. The lowest BCUT2D eigenvalue weighted by molar-refractivity contribution is 0.416. The summed E-state index contributed by atoms with van der Waals surface area (Å²) in [5, 5.41) is 8.34. The Labute approximate surface area is 116 Å². The Kier molecular flexibility index (Phi) is 3.16. The third-order valence-corrected chi connectivity index (χ3v) is 3.04. The van der Waals surface area contributed by atoms with Crippen LogP contribution in [-0.2, 0) is 0 Å². The first-order chi connectivity index (χ1) is 9.78. The van der Waals surface area contributed by atoms with E-state index in [2.05, 4.69) is 15.3 Å². The fourth-order valence-corrected chi connectivity index (χ4v) is 1.97. The van der Waals surface area contributed by atoms with E-state index in [1.54, 1.807) is 18.0 Å². The van der Waals surface area contributed by atoms with Gasteiger partial charge in [-0.15, -0.1) is 5.10 Å². The van der Waals surface area contributed by atoms with E-state index in [0.717, 1.165) is 28.4 Å². The number of aromatic nitrogens is 4. The zero-order valence-corrected chi connectivity index (χ0v) is 11.3. The first kappa shape index (κ1) is 12.3. The van der Waals surface area contributed by atoms with Gasteiger partial charge < -0.3 is 4.74 Å². The molecule has 20 heavy (non-hydrogen) atoms. The number of hydrogen-bond acceptors (Lipinski definition) is 4. The highest BCUT2D eigenvalue weighted by atomic mass is 16.5. The van der Waals surface area contributed by atoms with Crippen LogP contribution < -0.4 is 4.74 Å². The molecule has 1 aromatic carbocycles. The highest BCUT2D eigenvalue weighted by Crippen LogP contribution is 2.27. The summed E-state index contributed by atoms with van der Waals surface area (Å²) in [6, 6.07) is 11.6. The average Bonchev–Trinajstić information content (AvgIpc) is 2.97. The number of aryl methyl sites for hydroxylation is 1. The predicted molar refractivity (Wildman–Crippen MR) is 75.9 cm³/mol. The Bertz CT molecular complexity index is 719. The third kappa shape index (κ3) is 2.25. The van der Waals surface area contributed by atoms with Gasteiger partial charge in [0, 0.05) is 11.3 Å². The maximum absolute atomic E-state index is 5.34. The molecule has 2 aromatic heterocycles. The first-order valence-corrected chi connectivity index (χ1v) is 6.26. The highest BCUT2D eigenvalue weighted by molar-refractivity contribution is 5.66. The number of benzene rings is 1. The quantitative estimate of drug-likeness (QED) is 0.731. The van der Waals surface area contributed by atoms with E-state index in [0.29, 0.717) is 0 Å². The molecule has 5 nitrogen and oxygen atoms in total. The third-order valence-electron chi connectivity index (χ3n) is 3.04. The van der Waals surface area contributed by atoms with Crippen LogP contribution in [0.5, 0.6) is 5.75 Å². The number of nitrogens with zero attached hydrogens (tertiary/aromatic N) is 4. The van der Waals surface area contributed by atoms with Crippen LogP contribution >= 0.6 is 0 Å². The summed E-state index contributed by atoms with van der Waals surface area (Å²) in [6.45, 7) is 1.95. The summed E-state index contributed by atoms with van der Waals surface area (Å²) < 4.78 is 7.04. The van der Waals surface area contributed by atoms with Crippen LogP contribution in [-0.4, -0.2) is 27.1 Å². The van der Waals surface area contributed by atoms with Crippen LogP contribution in [0.1, 0.15) is 5.69 Å². The van der Waals surface area contributed by atoms with Gasteiger partial charge in [0.25, 0.3) is 0 Å². The van der Waals surface area contributed by atoms with E-state index >= 15 is 0 Å². The maximum atomic E-state index is 5.34. The molecule has 0 saturated carbocycles. The Hall–Kier alpha value is -2.69. The molecule has 5 heteroatoms. The molecule has 0 fully saturated rings. The molecule has 2 heterocycles. The van der Waals surface area contributed by atoms with Gasteiger partial charge in [-0.2, -0.15) is 0 Å². The average molecular weight is 266 g/mol. The van der Waals surface area contributed by atoms with E-state index in [9.17, 15) is 0 Å². The maximum Gasteiger partial charge on any atom is 0.128 e. The summed E-state index contributed by atoms with van der Waals surface area (Å²) in [5.41, 5.74) is 3.53. The van der Waals surface area contributed by atoms with Gasteiger partial charge >= 0.3 is 0 Å². The van der Waals surface area contributed by atoms with E-state index < -0.39 is 0 Å². The van der Waals surface area contributed by atoms with Gasteiger partial charge in [0.2, 0.25) is 0 Å². The lowest BCUT2D eigenvalue weighted by Gasteiger charge is -2.04. The van der Waals surface area contributed by atoms with E-state index in [-0.39, 0.29) is 0 Å². The number of pyridine rings is 1. The fraction of sp³-hybridized carbons (Fsp3) is 0.133. The summed E-state index contributed by atoms with van der Waals surface area (Å²) in [6.07, 6.45) is 3.64. The van der Waals surface area contributed by atoms with Crippen molar-refractivity contribution >= 4 is 0 Å². The van der Waals surface area contributed by atoms with Gasteiger partial charge in [0.15, 0.2) is 0 Å². The van der Waals surface area contributed by atoms with Gasteiger partial charge in [-0.3, -0.25) is 4.98 Å². The number of ether oxygens (including phenoxy) is 1. The van der Waals surface area contributed by atoms with Crippen LogP contribution in [0.4, 0.5) is 0 Å². The SMILES string of the molecule is COc1ccccc1-c1cn(-c2ccc(C)nc2)nn1. The monoisotopic (exact) mass is 266 g/mol. The summed E-state index contributed by atoms with van der Waals surface area (Å²) in [7, 11) is 1.65. The molecule has 0 spiro atoms. The lowest BCUT2D eigenvalue weighted by atomic mass is 10.1. The topological polar surface area (TPSA) is 52.8 Å². The number of rotatable bonds is 3. The molecule has 3 aromatic rings. The number of hydrogen-bond donors (Lipinski definition) is 0. The second-order valence-corrected chi connectivity index (χ2v) is 4.41. The molecule has 0 aliphatic heterocycles. The molecule has 100 valence electrons. The lowest BCUT2D eigenvalue weighted by Crippen LogP contribution is -1.95. The highest BCUT2D eigenvalue weighted by Gasteiger charge is 2.09. The Morgan fingerprint density at radius 1 is 1.10 bits per heavy atom. The second-order valence-electron chi connectivity index (χ2n) is 4.41. The molecule has 0 unspecified atom stereocenters. The number of para-hydroxylation sites is 1. The first-order valence-electron chi connectivity index (χ1n) is 6.26. The standard InChI is InChI=1S/C15H14N4O/c1-11-7-8-12(9-16-11)19-10-14(17-18-19)13-5-3-4-6-15(13)20-2/h3-10H,1-2H3. The molecule has 0 radical (unpaired) electrons. The zero-order chi connectivity index (χ0) is 13.9. The predicted octanol–water partition coefficient (Wildman–Crippen LogP) is 2.65. The second kappa shape index (κ2) is 5.13. The molecule has 0 saturated heterocycles. The van der Waals surface area contributed by atoms with Crippen molar-refractivity contribution < 1.29 is 4.74 Å². The zero-order valence-electron chi connectivity index (χ0n) is 11.3. The molecule has 0 atom stereocenters. The molecular formula is C15H14N4O. The van der Waals surface area contributed by atoms with Crippen molar-refractivity contribution in [3.63, 3.8) is 0 Å². The Morgan fingerprint density at radius 3 is 2.70 bits per heavy atom. The Balaban J connectivity index is 2.00. The minimum absolute atomic E-state index is 0.767. The van der Waals surface area contributed by atoms with Gasteiger partial charge in [-0.25, -0.2) is 4.68 Å². The minimum atomic E-state index is 0.767. The van der Waals surface area contributed by atoms with Crippen LogP contribution in [0.2, 0.25) is 0 Å². The molecule has 0 bridgehead atoms. The van der Waals surface area contributed by atoms with Gasteiger partial charge in [-0.05, 0) is 31.2 Å².